The van der Waals surface area contributed by atoms with Crippen LogP contribution in [0.25, 0.3) is 0 Å². The molecule has 1 heterocycles. The fraction of sp³-hybridized carbons (Fsp3) is 0.833. The summed E-state index contributed by atoms with van der Waals surface area (Å²) >= 11 is 0. The third-order valence-corrected chi connectivity index (χ3v) is 2.63. The first-order valence-electron chi connectivity index (χ1n) is 5.89. The fourth-order valence-electron chi connectivity index (χ4n) is 1.76. The lowest BCUT2D eigenvalue weighted by molar-refractivity contribution is 0.0228. The number of hydrogen-bond donors (Lipinski definition) is 1. The number of rotatable bonds is 0. The Kier molecular flexibility index (Phi) is 4.35. The number of carbonyl (C=O) groups excluding carboxylic acids is 1. The van der Waals surface area contributed by atoms with Crippen molar-refractivity contribution in [3.8, 4) is 6.07 Å². The van der Waals surface area contributed by atoms with Crippen LogP contribution < -0.4 is 0 Å². The van der Waals surface area contributed by atoms with Crippen LogP contribution in [-0.4, -0.2) is 40.9 Å². The SMILES string of the molecule is CC(C)(C)OC(=O)N1CCC[C@H](O)[C@H](C#N)C1. The van der Waals surface area contributed by atoms with Crippen molar-refractivity contribution in [3.63, 3.8) is 0 Å². The lowest BCUT2D eigenvalue weighted by Crippen LogP contribution is -2.40. The molecule has 0 aliphatic carbocycles. The van der Waals surface area contributed by atoms with Crippen molar-refractivity contribution in [2.45, 2.75) is 45.3 Å². The summed E-state index contributed by atoms with van der Waals surface area (Å²) in [6.45, 7) is 6.19. The highest BCUT2D eigenvalue weighted by molar-refractivity contribution is 5.68. The highest BCUT2D eigenvalue weighted by Gasteiger charge is 2.30. The molecule has 0 saturated carbocycles. The van der Waals surface area contributed by atoms with Crippen LogP contribution in [0, 0.1) is 17.2 Å². The van der Waals surface area contributed by atoms with E-state index in [1.54, 1.807) is 20.8 Å². The fourth-order valence-corrected chi connectivity index (χ4v) is 1.76. The first-order valence-corrected chi connectivity index (χ1v) is 5.89. The molecule has 1 aliphatic heterocycles. The zero-order valence-electron chi connectivity index (χ0n) is 10.6. The third kappa shape index (κ3) is 4.23. The molecule has 0 aromatic carbocycles. The lowest BCUT2D eigenvalue weighted by atomic mass is 10.0. The number of nitriles is 1. The van der Waals surface area contributed by atoms with Crippen LogP contribution in [0.2, 0.25) is 0 Å². The van der Waals surface area contributed by atoms with Gasteiger partial charge in [0.15, 0.2) is 0 Å². The Bertz CT molecular complexity index is 317. The Labute approximate surface area is 102 Å². The third-order valence-electron chi connectivity index (χ3n) is 2.63. The monoisotopic (exact) mass is 240 g/mol. The van der Waals surface area contributed by atoms with Gasteiger partial charge < -0.3 is 14.7 Å². The molecule has 17 heavy (non-hydrogen) atoms. The molecular weight excluding hydrogens is 220 g/mol. The van der Waals surface area contributed by atoms with Gasteiger partial charge in [-0.3, -0.25) is 0 Å². The Morgan fingerprint density at radius 3 is 2.71 bits per heavy atom. The van der Waals surface area contributed by atoms with Crippen molar-refractivity contribution >= 4 is 6.09 Å². The number of ether oxygens (including phenoxy) is 1. The number of amides is 1. The highest BCUT2D eigenvalue weighted by Crippen LogP contribution is 2.19. The van der Waals surface area contributed by atoms with Crippen LogP contribution in [0.1, 0.15) is 33.6 Å². The molecule has 96 valence electrons. The highest BCUT2D eigenvalue weighted by atomic mass is 16.6. The van der Waals surface area contributed by atoms with Crippen LogP contribution in [-0.2, 0) is 4.74 Å². The minimum Gasteiger partial charge on any atom is -0.444 e. The average molecular weight is 240 g/mol. The molecule has 0 spiro atoms. The molecule has 1 rings (SSSR count). The number of aliphatic hydroxyl groups is 1. The van der Waals surface area contributed by atoms with E-state index in [9.17, 15) is 9.90 Å². The molecule has 0 bridgehead atoms. The maximum atomic E-state index is 11.8. The largest absolute Gasteiger partial charge is 0.444 e. The van der Waals surface area contributed by atoms with Gasteiger partial charge in [-0.25, -0.2) is 4.79 Å². The first kappa shape index (κ1) is 13.8. The molecule has 1 fully saturated rings. The maximum Gasteiger partial charge on any atom is 0.410 e. The summed E-state index contributed by atoms with van der Waals surface area (Å²) in [5.74, 6) is -0.523. The average Bonchev–Trinajstić information content (AvgIpc) is 2.37. The number of hydrogen-bond acceptors (Lipinski definition) is 4. The summed E-state index contributed by atoms with van der Waals surface area (Å²) in [5.41, 5.74) is -0.538. The van der Waals surface area contributed by atoms with Gasteiger partial charge in [-0.15, -0.1) is 0 Å². The van der Waals surface area contributed by atoms with Crippen LogP contribution in [0.15, 0.2) is 0 Å². The van der Waals surface area contributed by atoms with Gasteiger partial charge in [0.1, 0.15) is 5.60 Å². The zero-order valence-corrected chi connectivity index (χ0v) is 10.6. The maximum absolute atomic E-state index is 11.8. The summed E-state index contributed by atoms with van der Waals surface area (Å²) in [7, 11) is 0. The van der Waals surface area contributed by atoms with Gasteiger partial charge in [0.05, 0.1) is 18.1 Å². The van der Waals surface area contributed by atoms with Gasteiger partial charge in [0, 0.05) is 13.1 Å². The van der Waals surface area contributed by atoms with E-state index in [0.29, 0.717) is 19.4 Å². The number of nitrogens with zero attached hydrogens (tertiary/aromatic N) is 2. The summed E-state index contributed by atoms with van der Waals surface area (Å²) in [4.78, 5) is 13.4. The van der Waals surface area contributed by atoms with Crippen molar-refractivity contribution in [1.82, 2.24) is 4.90 Å². The van der Waals surface area contributed by atoms with E-state index < -0.39 is 23.7 Å². The Morgan fingerprint density at radius 2 is 2.18 bits per heavy atom. The summed E-state index contributed by atoms with van der Waals surface area (Å²) < 4.78 is 5.26. The van der Waals surface area contributed by atoms with Gasteiger partial charge in [-0.05, 0) is 33.6 Å². The van der Waals surface area contributed by atoms with Gasteiger partial charge in [-0.1, -0.05) is 0 Å². The lowest BCUT2D eigenvalue weighted by Gasteiger charge is -2.27. The molecule has 1 saturated heterocycles. The van der Waals surface area contributed by atoms with Crippen molar-refractivity contribution in [2.24, 2.45) is 5.92 Å². The smallest absolute Gasteiger partial charge is 0.410 e. The second-order valence-corrected chi connectivity index (χ2v) is 5.37. The molecule has 0 radical (unpaired) electrons. The number of aliphatic hydroxyl groups excluding tert-OH is 1. The van der Waals surface area contributed by atoms with Crippen molar-refractivity contribution < 1.29 is 14.6 Å². The Balaban J connectivity index is 2.65. The van der Waals surface area contributed by atoms with Gasteiger partial charge in [-0.2, -0.15) is 5.26 Å². The molecular formula is C12H20N2O3. The molecule has 0 unspecified atom stereocenters. The van der Waals surface area contributed by atoms with E-state index in [1.807, 2.05) is 6.07 Å². The van der Waals surface area contributed by atoms with E-state index in [-0.39, 0.29) is 6.54 Å². The molecule has 0 aromatic heterocycles. The number of likely N-dealkylation sites (tertiary alicyclic amines) is 1. The van der Waals surface area contributed by atoms with Gasteiger partial charge >= 0.3 is 6.09 Å². The van der Waals surface area contributed by atoms with Gasteiger partial charge in [0.25, 0.3) is 0 Å². The molecule has 1 N–H and O–H groups in total. The quantitative estimate of drug-likeness (QED) is 0.696. The second-order valence-electron chi connectivity index (χ2n) is 5.37. The van der Waals surface area contributed by atoms with Gasteiger partial charge in [0.2, 0.25) is 0 Å². The van der Waals surface area contributed by atoms with Crippen molar-refractivity contribution in [3.05, 3.63) is 0 Å². The first-order chi connectivity index (χ1) is 7.83. The van der Waals surface area contributed by atoms with Crippen molar-refractivity contribution in [1.29, 1.82) is 5.26 Å². The molecule has 2 atom stereocenters. The zero-order chi connectivity index (χ0) is 13.1. The molecule has 0 aromatic rings. The van der Waals surface area contributed by atoms with Crippen LogP contribution in [0.3, 0.4) is 0 Å². The van der Waals surface area contributed by atoms with Crippen LogP contribution in [0.4, 0.5) is 4.79 Å². The van der Waals surface area contributed by atoms with E-state index in [4.69, 9.17) is 10.00 Å². The standard InChI is InChI=1S/C12H20N2O3/c1-12(2,3)17-11(16)14-6-4-5-10(15)9(7-13)8-14/h9-10,15H,4-6,8H2,1-3H3/t9-,10+/m1/s1. The predicted octanol–water partition coefficient (Wildman–Crippen LogP) is 1.52. The number of carbonyl (C=O) groups is 1. The normalized spacial score (nSPS) is 25.9. The minimum absolute atomic E-state index is 0.243. The van der Waals surface area contributed by atoms with Crippen LogP contribution >= 0.6 is 0 Å². The molecule has 1 aliphatic rings. The van der Waals surface area contributed by atoms with Crippen molar-refractivity contribution in [2.75, 3.05) is 13.1 Å². The van der Waals surface area contributed by atoms with E-state index in [0.717, 1.165) is 0 Å². The second kappa shape index (κ2) is 5.37. The molecule has 5 heteroatoms. The van der Waals surface area contributed by atoms with Crippen LogP contribution in [0.5, 0.6) is 0 Å². The molecule has 1 amide bonds. The van der Waals surface area contributed by atoms with E-state index in [1.165, 1.54) is 4.90 Å². The summed E-state index contributed by atoms with van der Waals surface area (Å²) in [5, 5.41) is 18.6. The Morgan fingerprint density at radius 1 is 1.53 bits per heavy atom. The predicted molar refractivity (Wildman–Crippen MR) is 62.2 cm³/mol. The van der Waals surface area contributed by atoms with E-state index in [2.05, 4.69) is 0 Å². The topological polar surface area (TPSA) is 73.6 Å². The molecule has 5 nitrogen and oxygen atoms in total. The Hall–Kier alpha value is -1.28. The summed E-state index contributed by atoms with van der Waals surface area (Å²) in [6.07, 6.45) is 0.190. The minimum atomic E-state index is -0.646. The summed E-state index contributed by atoms with van der Waals surface area (Å²) in [6, 6.07) is 2.04. The van der Waals surface area contributed by atoms with E-state index >= 15 is 0 Å².